The van der Waals surface area contributed by atoms with Crippen LogP contribution in [0.4, 0.5) is 0 Å². The normalized spacial score (nSPS) is 13.5. The number of ether oxygens (including phenoxy) is 2. The van der Waals surface area contributed by atoms with E-state index in [0.717, 1.165) is 52.1 Å². The van der Waals surface area contributed by atoms with E-state index in [1.165, 1.54) is 148 Å². The van der Waals surface area contributed by atoms with Crippen LogP contribution in [0.1, 0.15) is 226 Å². The summed E-state index contributed by atoms with van der Waals surface area (Å²) in [6.45, 7) is 3.89. The molecule has 0 aliphatic rings. The van der Waals surface area contributed by atoms with Crippen molar-refractivity contribution < 1.29 is 37.6 Å². The van der Waals surface area contributed by atoms with Crippen LogP contribution in [0, 0.1) is 0 Å². The highest BCUT2D eigenvalue weighted by molar-refractivity contribution is 7.47. The van der Waals surface area contributed by atoms with Crippen molar-refractivity contribution >= 4 is 19.8 Å². The van der Waals surface area contributed by atoms with Gasteiger partial charge in [-0.1, -0.05) is 192 Å². The molecule has 0 amide bonds. The van der Waals surface area contributed by atoms with Gasteiger partial charge < -0.3 is 14.4 Å². The average Bonchev–Trinajstić information content (AvgIpc) is 3.16. The molecule has 0 aromatic heterocycles. The van der Waals surface area contributed by atoms with Gasteiger partial charge in [-0.2, -0.15) is 0 Å². The molecule has 0 radical (unpaired) electrons. The van der Waals surface area contributed by atoms with E-state index in [9.17, 15) is 19.0 Å². The molecule has 0 saturated carbocycles. The fraction of sp³-hybridized carbons (Fsp3) is 0.867. The molecule has 0 aliphatic carbocycles. The summed E-state index contributed by atoms with van der Waals surface area (Å²) in [5.41, 5.74) is 0. The number of rotatable bonds is 42. The largest absolute Gasteiger partial charge is 0.472 e. The summed E-state index contributed by atoms with van der Waals surface area (Å²) in [5.74, 6) is -0.798. The van der Waals surface area contributed by atoms with Crippen LogP contribution >= 0.6 is 7.82 Å². The third-order valence-electron chi connectivity index (χ3n) is 9.95. The number of hydrogen-bond donors (Lipinski definition) is 1. The molecule has 9 heteroatoms. The van der Waals surface area contributed by atoms with E-state index in [0.29, 0.717) is 12.8 Å². The molecule has 8 nitrogen and oxygen atoms in total. The van der Waals surface area contributed by atoms with Crippen molar-refractivity contribution in [1.82, 2.24) is 0 Å². The molecule has 318 valence electrons. The van der Waals surface area contributed by atoms with E-state index in [4.69, 9.17) is 14.0 Å². The molecule has 0 aromatic carbocycles. The number of carbonyl (C=O) groups excluding carboxylic acids is 2. The van der Waals surface area contributed by atoms with E-state index in [2.05, 4.69) is 42.7 Å². The molecule has 0 bridgehead atoms. The average molecular weight is 785 g/mol. The number of carbonyl (C=O) groups is 2. The Morgan fingerprint density at radius 2 is 0.889 bits per heavy atom. The fourth-order valence-corrected chi connectivity index (χ4v) is 6.91. The molecular formula is C45H85O8P. The van der Waals surface area contributed by atoms with Crippen molar-refractivity contribution in [3.05, 3.63) is 24.3 Å². The van der Waals surface area contributed by atoms with Gasteiger partial charge in [-0.25, -0.2) is 4.57 Å². The monoisotopic (exact) mass is 785 g/mol. The maximum Gasteiger partial charge on any atom is 0.472 e. The quantitative estimate of drug-likeness (QED) is 0.0282. The summed E-state index contributed by atoms with van der Waals surface area (Å²) in [7, 11) is -3.20. The molecule has 0 aliphatic heterocycles. The van der Waals surface area contributed by atoms with Gasteiger partial charge in [-0.05, 0) is 44.9 Å². The molecule has 0 fully saturated rings. The Hall–Kier alpha value is -1.47. The van der Waals surface area contributed by atoms with Crippen LogP contribution in [0.5, 0.6) is 0 Å². The van der Waals surface area contributed by atoms with Crippen LogP contribution < -0.4 is 0 Å². The van der Waals surface area contributed by atoms with Crippen LogP contribution in [0.2, 0.25) is 0 Å². The van der Waals surface area contributed by atoms with Crippen molar-refractivity contribution in [3.8, 4) is 0 Å². The first-order valence-electron chi connectivity index (χ1n) is 22.5. The molecule has 2 atom stereocenters. The van der Waals surface area contributed by atoms with Gasteiger partial charge >= 0.3 is 19.8 Å². The van der Waals surface area contributed by atoms with Crippen molar-refractivity contribution in [2.45, 2.75) is 232 Å². The third-order valence-corrected chi connectivity index (χ3v) is 10.9. The van der Waals surface area contributed by atoms with E-state index in [1.54, 1.807) is 0 Å². The van der Waals surface area contributed by atoms with Crippen molar-refractivity contribution in [2.24, 2.45) is 0 Å². The second-order valence-corrected chi connectivity index (χ2v) is 16.8. The summed E-state index contributed by atoms with van der Waals surface area (Å²) in [5, 5.41) is 0. The molecule has 0 rings (SSSR count). The number of phosphoric ester groups is 1. The molecule has 2 unspecified atom stereocenters. The number of unbranched alkanes of at least 4 members (excludes halogenated alkanes) is 27. The predicted molar refractivity (Wildman–Crippen MR) is 226 cm³/mol. The van der Waals surface area contributed by atoms with E-state index < -0.39 is 26.5 Å². The van der Waals surface area contributed by atoms with Gasteiger partial charge in [-0.3, -0.25) is 18.6 Å². The first kappa shape index (κ1) is 52.5. The standard InChI is InChI=1S/C45H85O8P/c1-4-6-8-10-12-14-16-18-20-22-23-24-26-28-30-32-34-36-38-40-45(47)53-43(42-52-54(48,49)50-3)41-51-44(46)39-37-35-33-31-29-27-25-21-19-17-15-13-11-9-7-5-2/h12,14,18,20,43H,4-11,13,15-17,19,21-42H2,1-3H3,(H,48,49)/b14-12-,20-18-. The Labute approximate surface area is 333 Å². The van der Waals surface area contributed by atoms with E-state index in [1.807, 2.05) is 0 Å². The lowest BCUT2D eigenvalue weighted by atomic mass is 10.0. The van der Waals surface area contributed by atoms with E-state index in [-0.39, 0.29) is 19.0 Å². The number of phosphoric acid groups is 1. The highest BCUT2D eigenvalue weighted by Crippen LogP contribution is 2.42. The molecule has 0 saturated heterocycles. The summed E-state index contributed by atoms with van der Waals surface area (Å²) in [6.07, 6.45) is 46.5. The minimum absolute atomic E-state index is 0.222. The lowest BCUT2D eigenvalue weighted by Crippen LogP contribution is -2.29. The van der Waals surface area contributed by atoms with Gasteiger partial charge in [0.2, 0.25) is 0 Å². The Balaban J connectivity index is 3.95. The van der Waals surface area contributed by atoms with Crippen LogP contribution in [0.25, 0.3) is 0 Å². The van der Waals surface area contributed by atoms with E-state index >= 15 is 0 Å². The zero-order valence-corrected chi connectivity index (χ0v) is 36.3. The smallest absolute Gasteiger partial charge is 0.462 e. The van der Waals surface area contributed by atoms with Crippen LogP contribution in [-0.2, 0) is 32.7 Å². The minimum atomic E-state index is -4.26. The fourth-order valence-electron chi connectivity index (χ4n) is 6.45. The van der Waals surface area contributed by atoms with Crippen LogP contribution in [-0.4, -0.2) is 43.3 Å². The predicted octanol–water partition coefficient (Wildman–Crippen LogP) is 14.2. The van der Waals surface area contributed by atoms with Crippen molar-refractivity contribution in [3.63, 3.8) is 0 Å². The Bertz CT molecular complexity index is 937. The first-order valence-corrected chi connectivity index (χ1v) is 24.0. The lowest BCUT2D eigenvalue weighted by molar-refractivity contribution is -0.161. The Morgan fingerprint density at radius 3 is 1.33 bits per heavy atom. The first-order chi connectivity index (χ1) is 26.3. The zero-order chi connectivity index (χ0) is 39.6. The highest BCUT2D eigenvalue weighted by atomic mass is 31.2. The number of hydrogen-bond acceptors (Lipinski definition) is 7. The summed E-state index contributed by atoms with van der Waals surface area (Å²) in [4.78, 5) is 34.5. The Kier molecular flexibility index (Phi) is 40.1. The molecule has 0 spiro atoms. The van der Waals surface area contributed by atoms with Crippen molar-refractivity contribution in [2.75, 3.05) is 20.3 Å². The van der Waals surface area contributed by atoms with Crippen molar-refractivity contribution in [1.29, 1.82) is 0 Å². The topological polar surface area (TPSA) is 108 Å². The van der Waals surface area contributed by atoms with Gasteiger partial charge in [0.1, 0.15) is 6.61 Å². The maximum absolute atomic E-state index is 12.5. The van der Waals surface area contributed by atoms with Crippen LogP contribution in [0.15, 0.2) is 24.3 Å². The summed E-state index contributed by atoms with van der Waals surface area (Å²) in [6, 6.07) is 0. The Morgan fingerprint density at radius 1 is 0.519 bits per heavy atom. The number of esters is 2. The molecule has 0 aromatic rings. The van der Waals surface area contributed by atoms with Gasteiger partial charge in [-0.15, -0.1) is 0 Å². The highest BCUT2D eigenvalue weighted by Gasteiger charge is 2.24. The second kappa shape index (κ2) is 41.2. The van der Waals surface area contributed by atoms with Gasteiger partial charge in [0.15, 0.2) is 6.10 Å². The molecule has 54 heavy (non-hydrogen) atoms. The molecular weight excluding hydrogens is 699 g/mol. The lowest BCUT2D eigenvalue weighted by Gasteiger charge is -2.19. The summed E-state index contributed by atoms with van der Waals surface area (Å²) < 4.78 is 32.0. The summed E-state index contributed by atoms with van der Waals surface area (Å²) >= 11 is 0. The zero-order valence-electron chi connectivity index (χ0n) is 35.4. The molecule has 1 N–H and O–H groups in total. The second-order valence-electron chi connectivity index (χ2n) is 15.2. The van der Waals surface area contributed by atoms with Gasteiger partial charge in [0, 0.05) is 20.0 Å². The third kappa shape index (κ3) is 40.2. The van der Waals surface area contributed by atoms with Gasteiger partial charge in [0.05, 0.1) is 6.61 Å². The SMILES string of the molecule is CCCCC/C=C\C/C=C\CCCCCCCCCCCC(=O)OC(COC(=O)CCCCCCCCCCCCCCCCCC)COP(=O)(O)OC. The molecule has 0 heterocycles. The maximum atomic E-state index is 12.5. The van der Waals surface area contributed by atoms with Crippen LogP contribution in [0.3, 0.4) is 0 Å². The minimum Gasteiger partial charge on any atom is -0.462 e. The number of allylic oxidation sites excluding steroid dienone is 4. The van der Waals surface area contributed by atoms with Gasteiger partial charge in [0.25, 0.3) is 0 Å².